The highest BCUT2D eigenvalue weighted by molar-refractivity contribution is 7.89. The van der Waals surface area contributed by atoms with Crippen molar-refractivity contribution in [2.24, 2.45) is 10.8 Å². The smallest absolute Gasteiger partial charge is 0.310 e. The van der Waals surface area contributed by atoms with Crippen molar-refractivity contribution in [1.29, 1.82) is 0 Å². The molecule has 0 aromatic rings. The number of carbonyl (C=O) groups is 1. The minimum absolute atomic E-state index is 0.0974. The Morgan fingerprint density at radius 1 is 1.37 bits per heavy atom. The van der Waals surface area contributed by atoms with Crippen LogP contribution in [0.4, 0.5) is 0 Å². The van der Waals surface area contributed by atoms with Gasteiger partial charge in [-0.3, -0.25) is 4.79 Å². The van der Waals surface area contributed by atoms with Gasteiger partial charge in [-0.25, -0.2) is 12.7 Å². The maximum Gasteiger partial charge on any atom is 0.310 e. The van der Waals surface area contributed by atoms with Crippen LogP contribution in [0.2, 0.25) is 0 Å². The SMILES string of the molecule is CC(C)(C)CCCS(=O)(=O)N1CCC(C)(C(=O)O)C1. The first-order chi connectivity index (χ1) is 8.46. The van der Waals surface area contributed by atoms with Gasteiger partial charge in [-0.15, -0.1) is 0 Å². The van der Waals surface area contributed by atoms with Gasteiger partial charge in [0.1, 0.15) is 0 Å². The molecule has 19 heavy (non-hydrogen) atoms. The second-order valence-electron chi connectivity index (χ2n) is 6.93. The average Bonchev–Trinajstić information content (AvgIpc) is 2.60. The highest BCUT2D eigenvalue weighted by atomic mass is 32.2. The third-order valence-corrected chi connectivity index (χ3v) is 5.58. The Kier molecular flexibility index (Phi) is 4.67. The van der Waals surface area contributed by atoms with Crippen LogP contribution in [0.5, 0.6) is 0 Å². The molecule has 1 fully saturated rings. The summed E-state index contributed by atoms with van der Waals surface area (Å²) >= 11 is 0. The first kappa shape index (κ1) is 16.4. The number of nitrogens with zero attached hydrogens (tertiary/aromatic N) is 1. The van der Waals surface area contributed by atoms with Crippen LogP contribution < -0.4 is 0 Å². The Bertz CT molecular complexity index is 438. The summed E-state index contributed by atoms with van der Waals surface area (Å²) in [4.78, 5) is 11.1. The van der Waals surface area contributed by atoms with Gasteiger partial charge in [0.05, 0.1) is 11.2 Å². The minimum Gasteiger partial charge on any atom is -0.481 e. The van der Waals surface area contributed by atoms with E-state index >= 15 is 0 Å². The number of rotatable bonds is 5. The molecule has 1 aliphatic rings. The predicted octanol–water partition coefficient (Wildman–Crippen LogP) is 1.94. The first-order valence-electron chi connectivity index (χ1n) is 6.68. The molecule has 1 heterocycles. The van der Waals surface area contributed by atoms with Gasteiger partial charge in [0.15, 0.2) is 0 Å². The third-order valence-electron chi connectivity index (χ3n) is 3.68. The van der Waals surface area contributed by atoms with Crippen molar-refractivity contribution in [3.8, 4) is 0 Å². The summed E-state index contributed by atoms with van der Waals surface area (Å²) in [5.41, 5.74) is -0.812. The van der Waals surface area contributed by atoms with E-state index in [0.29, 0.717) is 19.4 Å². The zero-order valence-corrected chi connectivity index (χ0v) is 13.1. The molecule has 6 heteroatoms. The lowest BCUT2D eigenvalue weighted by atomic mass is 9.90. The van der Waals surface area contributed by atoms with Crippen molar-refractivity contribution in [1.82, 2.24) is 4.31 Å². The van der Waals surface area contributed by atoms with E-state index in [-0.39, 0.29) is 17.7 Å². The van der Waals surface area contributed by atoms with Gasteiger partial charge >= 0.3 is 5.97 Å². The van der Waals surface area contributed by atoms with Gasteiger partial charge in [0.2, 0.25) is 10.0 Å². The van der Waals surface area contributed by atoms with Crippen LogP contribution in [0.25, 0.3) is 0 Å². The molecule has 0 aromatic carbocycles. The summed E-state index contributed by atoms with van der Waals surface area (Å²) in [5.74, 6) is -0.806. The molecular formula is C13H25NO4S. The summed E-state index contributed by atoms with van der Waals surface area (Å²) in [5, 5.41) is 9.12. The Balaban J connectivity index is 2.58. The fourth-order valence-electron chi connectivity index (χ4n) is 2.24. The van der Waals surface area contributed by atoms with Crippen molar-refractivity contribution in [3.05, 3.63) is 0 Å². The predicted molar refractivity (Wildman–Crippen MR) is 74.4 cm³/mol. The number of sulfonamides is 1. The Morgan fingerprint density at radius 2 is 1.95 bits per heavy atom. The normalized spacial score (nSPS) is 25.7. The second kappa shape index (κ2) is 5.40. The number of hydrogen-bond donors (Lipinski definition) is 1. The van der Waals surface area contributed by atoms with Crippen LogP contribution in [0.3, 0.4) is 0 Å². The lowest BCUT2D eigenvalue weighted by Gasteiger charge is -2.21. The standard InChI is InChI=1S/C13H25NO4S/c1-12(2,3)6-5-9-19(17,18)14-8-7-13(4,10-14)11(15)16/h5-10H2,1-4H3,(H,15,16). The largest absolute Gasteiger partial charge is 0.481 e. The molecule has 1 aliphatic heterocycles. The number of carboxylic acid groups (broad SMARTS) is 1. The summed E-state index contributed by atoms with van der Waals surface area (Å²) in [6.07, 6.45) is 1.85. The highest BCUT2D eigenvalue weighted by Gasteiger charge is 2.44. The topological polar surface area (TPSA) is 74.7 Å². The van der Waals surface area contributed by atoms with E-state index in [9.17, 15) is 13.2 Å². The number of aliphatic carboxylic acids is 1. The molecule has 0 saturated carbocycles. The molecule has 1 saturated heterocycles. The minimum atomic E-state index is -3.32. The zero-order valence-electron chi connectivity index (χ0n) is 12.3. The molecular weight excluding hydrogens is 266 g/mol. The van der Waals surface area contributed by atoms with E-state index in [1.165, 1.54) is 4.31 Å². The van der Waals surface area contributed by atoms with Gasteiger partial charge in [-0.05, 0) is 31.6 Å². The van der Waals surface area contributed by atoms with Gasteiger partial charge in [0, 0.05) is 13.1 Å². The lowest BCUT2D eigenvalue weighted by Crippen LogP contribution is -2.36. The number of hydrogen-bond acceptors (Lipinski definition) is 3. The van der Waals surface area contributed by atoms with Gasteiger partial charge in [-0.2, -0.15) is 0 Å². The molecule has 1 unspecified atom stereocenters. The van der Waals surface area contributed by atoms with Crippen molar-refractivity contribution >= 4 is 16.0 Å². The van der Waals surface area contributed by atoms with Crippen LogP contribution in [-0.2, 0) is 14.8 Å². The summed E-state index contributed by atoms with van der Waals surface area (Å²) in [6.45, 7) is 8.27. The molecule has 0 aromatic heterocycles. The lowest BCUT2D eigenvalue weighted by molar-refractivity contribution is -0.146. The molecule has 1 rings (SSSR count). The molecule has 5 nitrogen and oxygen atoms in total. The van der Waals surface area contributed by atoms with Gasteiger partial charge < -0.3 is 5.11 Å². The summed E-state index contributed by atoms with van der Waals surface area (Å²) in [6, 6.07) is 0. The van der Waals surface area contributed by atoms with Crippen molar-refractivity contribution in [3.63, 3.8) is 0 Å². The van der Waals surface area contributed by atoms with Crippen LogP contribution in [0, 0.1) is 10.8 Å². The number of carboxylic acids is 1. The van der Waals surface area contributed by atoms with Crippen LogP contribution in [-0.4, -0.2) is 42.6 Å². The molecule has 0 aliphatic carbocycles. The molecule has 0 bridgehead atoms. The van der Waals surface area contributed by atoms with Crippen LogP contribution in [0.15, 0.2) is 0 Å². The van der Waals surface area contributed by atoms with Crippen LogP contribution in [0.1, 0.15) is 47.0 Å². The quantitative estimate of drug-likeness (QED) is 0.840. The first-order valence-corrected chi connectivity index (χ1v) is 8.28. The molecule has 1 atom stereocenters. The fraction of sp³-hybridized carbons (Fsp3) is 0.923. The summed E-state index contributed by atoms with van der Waals surface area (Å²) in [7, 11) is -3.32. The second-order valence-corrected chi connectivity index (χ2v) is 9.02. The highest BCUT2D eigenvalue weighted by Crippen LogP contribution is 2.32. The van der Waals surface area contributed by atoms with Gasteiger partial charge in [0.25, 0.3) is 0 Å². The van der Waals surface area contributed by atoms with Crippen molar-refractivity contribution < 1.29 is 18.3 Å². The van der Waals surface area contributed by atoms with E-state index in [4.69, 9.17) is 5.11 Å². The molecule has 112 valence electrons. The van der Waals surface area contributed by atoms with E-state index in [1.54, 1.807) is 6.92 Å². The molecule has 0 spiro atoms. The van der Waals surface area contributed by atoms with E-state index in [2.05, 4.69) is 20.8 Å². The molecule has 0 radical (unpaired) electrons. The molecule has 0 amide bonds. The average molecular weight is 291 g/mol. The van der Waals surface area contributed by atoms with Gasteiger partial charge in [-0.1, -0.05) is 20.8 Å². The Morgan fingerprint density at radius 3 is 2.37 bits per heavy atom. The Hall–Kier alpha value is -0.620. The zero-order chi connectivity index (χ0) is 14.9. The van der Waals surface area contributed by atoms with E-state index in [0.717, 1.165) is 6.42 Å². The summed E-state index contributed by atoms with van der Waals surface area (Å²) < 4.78 is 25.7. The third kappa shape index (κ3) is 4.45. The van der Waals surface area contributed by atoms with E-state index < -0.39 is 21.4 Å². The fourth-order valence-corrected chi connectivity index (χ4v) is 3.86. The maximum absolute atomic E-state index is 12.2. The van der Waals surface area contributed by atoms with Crippen molar-refractivity contribution in [2.45, 2.75) is 47.0 Å². The molecule has 1 N–H and O–H groups in total. The Labute approximate surface area is 116 Å². The van der Waals surface area contributed by atoms with Crippen LogP contribution >= 0.6 is 0 Å². The van der Waals surface area contributed by atoms with Crippen molar-refractivity contribution in [2.75, 3.05) is 18.8 Å². The maximum atomic E-state index is 12.2. The van der Waals surface area contributed by atoms with E-state index in [1.807, 2.05) is 0 Å². The monoisotopic (exact) mass is 291 g/mol.